The first-order valence-electron chi connectivity index (χ1n) is 5.60. The van der Waals surface area contributed by atoms with Crippen LogP contribution in [0.5, 0.6) is 0 Å². The molecule has 6 heteroatoms. The van der Waals surface area contributed by atoms with E-state index in [0.717, 1.165) is 10.8 Å². The van der Waals surface area contributed by atoms with Crippen LogP contribution in [0.25, 0.3) is 10.8 Å². The number of hydrogen-bond donors (Lipinski definition) is 2. The summed E-state index contributed by atoms with van der Waals surface area (Å²) in [6, 6.07) is 9.09. The van der Waals surface area contributed by atoms with Gasteiger partial charge in [-0.25, -0.2) is 4.98 Å². The molecular formula is C13H12N2O4. The van der Waals surface area contributed by atoms with Crippen molar-refractivity contribution in [2.75, 3.05) is 18.0 Å². The molecule has 0 unspecified atom stereocenters. The molecule has 1 aromatic heterocycles. The summed E-state index contributed by atoms with van der Waals surface area (Å²) in [5.74, 6) is -1.84. The van der Waals surface area contributed by atoms with E-state index in [0.29, 0.717) is 5.82 Å². The first kappa shape index (κ1) is 12.8. The average Bonchev–Trinajstić information content (AvgIpc) is 2.36. The zero-order chi connectivity index (χ0) is 13.8. The second-order valence-electron chi connectivity index (χ2n) is 4.00. The molecule has 1 heterocycles. The highest BCUT2D eigenvalue weighted by Crippen LogP contribution is 2.23. The Labute approximate surface area is 108 Å². The zero-order valence-electron chi connectivity index (χ0n) is 9.98. The third-order valence-corrected chi connectivity index (χ3v) is 2.60. The zero-order valence-corrected chi connectivity index (χ0v) is 9.98. The van der Waals surface area contributed by atoms with Gasteiger partial charge in [0.2, 0.25) is 0 Å². The van der Waals surface area contributed by atoms with E-state index in [1.54, 1.807) is 18.2 Å². The van der Waals surface area contributed by atoms with Crippen molar-refractivity contribution in [1.82, 2.24) is 4.98 Å². The molecule has 0 aliphatic heterocycles. The number of fused-ring (bicyclic) bond motifs is 1. The van der Waals surface area contributed by atoms with E-state index in [4.69, 9.17) is 10.2 Å². The number of carbonyl (C=O) groups is 2. The Morgan fingerprint density at radius 3 is 2.32 bits per heavy atom. The summed E-state index contributed by atoms with van der Waals surface area (Å²) in [4.78, 5) is 27.0. The van der Waals surface area contributed by atoms with E-state index in [1.165, 1.54) is 11.1 Å². The number of benzene rings is 1. The maximum atomic E-state index is 10.8. The Balaban J connectivity index is 2.48. The molecule has 98 valence electrons. The van der Waals surface area contributed by atoms with Crippen LogP contribution in [0.15, 0.2) is 36.5 Å². The highest BCUT2D eigenvalue weighted by atomic mass is 16.4. The normalized spacial score (nSPS) is 10.3. The van der Waals surface area contributed by atoms with E-state index >= 15 is 0 Å². The van der Waals surface area contributed by atoms with E-state index in [2.05, 4.69) is 4.98 Å². The van der Waals surface area contributed by atoms with Crippen molar-refractivity contribution >= 4 is 28.5 Å². The minimum atomic E-state index is -1.10. The Bertz CT molecular complexity index is 606. The summed E-state index contributed by atoms with van der Waals surface area (Å²) in [7, 11) is 0. The number of aliphatic carboxylic acids is 2. The molecule has 6 nitrogen and oxygen atoms in total. The second kappa shape index (κ2) is 5.34. The first-order valence-corrected chi connectivity index (χ1v) is 5.60. The molecule has 0 spiro atoms. The fourth-order valence-corrected chi connectivity index (χ4v) is 1.89. The number of carboxylic acid groups (broad SMARTS) is 2. The summed E-state index contributed by atoms with van der Waals surface area (Å²) in [5.41, 5.74) is 0. The number of hydrogen-bond acceptors (Lipinski definition) is 4. The van der Waals surface area contributed by atoms with E-state index in [-0.39, 0.29) is 0 Å². The van der Waals surface area contributed by atoms with Gasteiger partial charge < -0.3 is 15.1 Å². The largest absolute Gasteiger partial charge is 0.480 e. The summed E-state index contributed by atoms with van der Waals surface area (Å²) in [6.45, 7) is -0.819. The first-order chi connectivity index (χ1) is 9.08. The lowest BCUT2D eigenvalue weighted by Gasteiger charge is -2.20. The molecule has 1 aromatic carbocycles. The lowest BCUT2D eigenvalue weighted by Crippen LogP contribution is -2.35. The van der Waals surface area contributed by atoms with Crippen molar-refractivity contribution in [2.24, 2.45) is 0 Å². The molecule has 2 rings (SSSR count). The van der Waals surface area contributed by atoms with Crippen LogP contribution in [0.4, 0.5) is 5.82 Å². The maximum Gasteiger partial charge on any atom is 0.323 e. The molecule has 0 saturated carbocycles. The van der Waals surface area contributed by atoms with Crippen molar-refractivity contribution in [3.05, 3.63) is 36.5 Å². The molecule has 2 N–H and O–H groups in total. The number of rotatable bonds is 5. The third-order valence-electron chi connectivity index (χ3n) is 2.60. The monoisotopic (exact) mass is 260 g/mol. The Kier molecular flexibility index (Phi) is 3.61. The number of carboxylic acids is 2. The summed E-state index contributed by atoms with van der Waals surface area (Å²) < 4.78 is 0. The Morgan fingerprint density at radius 2 is 1.68 bits per heavy atom. The molecule has 0 bridgehead atoms. The Hall–Kier alpha value is -2.63. The van der Waals surface area contributed by atoms with Gasteiger partial charge in [-0.3, -0.25) is 9.59 Å². The van der Waals surface area contributed by atoms with Crippen molar-refractivity contribution in [3.8, 4) is 0 Å². The molecule has 0 amide bonds. The molecule has 0 aliphatic carbocycles. The van der Waals surface area contributed by atoms with Crippen LogP contribution in [-0.4, -0.2) is 40.2 Å². The van der Waals surface area contributed by atoms with E-state index in [1.807, 2.05) is 12.1 Å². The van der Waals surface area contributed by atoms with Gasteiger partial charge in [-0.05, 0) is 11.5 Å². The second-order valence-corrected chi connectivity index (χ2v) is 4.00. The van der Waals surface area contributed by atoms with Crippen molar-refractivity contribution in [2.45, 2.75) is 0 Å². The molecule has 0 aliphatic rings. The number of anilines is 1. The molecule has 0 fully saturated rings. The highest BCUT2D eigenvalue weighted by Gasteiger charge is 2.17. The van der Waals surface area contributed by atoms with Crippen LogP contribution in [0.3, 0.4) is 0 Å². The third kappa shape index (κ3) is 2.98. The smallest absolute Gasteiger partial charge is 0.323 e. The standard InChI is InChI=1S/C13H12N2O4/c16-11(17)7-15(8-12(18)19)13-10-4-2-1-3-9(10)5-6-14-13/h1-6H,7-8H2,(H,16,17)(H,18,19). The minimum absolute atomic E-state index is 0.364. The summed E-state index contributed by atoms with van der Waals surface area (Å²) in [6.07, 6.45) is 1.54. The fourth-order valence-electron chi connectivity index (χ4n) is 1.89. The lowest BCUT2D eigenvalue weighted by atomic mass is 10.1. The van der Waals surface area contributed by atoms with Gasteiger partial charge in [0.25, 0.3) is 0 Å². The SMILES string of the molecule is O=C(O)CN(CC(=O)O)c1nccc2ccccc12. The Morgan fingerprint density at radius 1 is 1.05 bits per heavy atom. The van der Waals surface area contributed by atoms with Gasteiger partial charge in [0.1, 0.15) is 18.9 Å². The molecule has 2 aromatic rings. The predicted molar refractivity (Wildman–Crippen MR) is 69.2 cm³/mol. The molecule has 0 atom stereocenters. The number of pyridine rings is 1. The molecular weight excluding hydrogens is 248 g/mol. The van der Waals surface area contributed by atoms with Crippen LogP contribution in [0.2, 0.25) is 0 Å². The van der Waals surface area contributed by atoms with Crippen molar-refractivity contribution < 1.29 is 19.8 Å². The van der Waals surface area contributed by atoms with Crippen LogP contribution in [0.1, 0.15) is 0 Å². The van der Waals surface area contributed by atoms with Gasteiger partial charge in [-0.1, -0.05) is 24.3 Å². The highest BCUT2D eigenvalue weighted by molar-refractivity contribution is 5.94. The number of aromatic nitrogens is 1. The van der Waals surface area contributed by atoms with Gasteiger partial charge in [-0.2, -0.15) is 0 Å². The van der Waals surface area contributed by atoms with E-state index in [9.17, 15) is 9.59 Å². The molecule has 0 saturated heterocycles. The number of nitrogens with zero attached hydrogens (tertiary/aromatic N) is 2. The van der Waals surface area contributed by atoms with Gasteiger partial charge in [0.05, 0.1) is 0 Å². The lowest BCUT2D eigenvalue weighted by molar-refractivity contribution is -0.136. The average molecular weight is 260 g/mol. The van der Waals surface area contributed by atoms with Crippen LogP contribution >= 0.6 is 0 Å². The van der Waals surface area contributed by atoms with Crippen LogP contribution in [0, 0.1) is 0 Å². The topological polar surface area (TPSA) is 90.7 Å². The van der Waals surface area contributed by atoms with Crippen molar-refractivity contribution in [1.29, 1.82) is 0 Å². The van der Waals surface area contributed by atoms with Crippen molar-refractivity contribution in [3.63, 3.8) is 0 Å². The fraction of sp³-hybridized carbons (Fsp3) is 0.154. The van der Waals surface area contributed by atoms with Gasteiger partial charge in [-0.15, -0.1) is 0 Å². The van der Waals surface area contributed by atoms with Gasteiger partial charge >= 0.3 is 11.9 Å². The summed E-state index contributed by atoms with van der Waals surface area (Å²) in [5, 5.41) is 19.3. The van der Waals surface area contributed by atoms with Gasteiger partial charge in [0, 0.05) is 11.6 Å². The predicted octanol–water partition coefficient (Wildman–Crippen LogP) is 1.21. The summed E-state index contributed by atoms with van der Waals surface area (Å²) >= 11 is 0. The van der Waals surface area contributed by atoms with Crippen LogP contribution < -0.4 is 4.90 Å². The van der Waals surface area contributed by atoms with Crippen LogP contribution in [-0.2, 0) is 9.59 Å². The maximum absolute atomic E-state index is 10.8. The molecule has 0 radical (unpaired) electrons. The van der Waals surface area contributed by atoms with Gasteiger partial charge in [0.15, 0.2) is 0 Å². The van der Waals surface area contributed by atoms with E-state index < -0.39 is 25.0 Å². The molecule has 19 heavy (non-hydrogen) atoms. The minimum Gasteiger partial charge on any atom is -0.480 e. The quantitative estimate of drug-likeness (QED) is 0.839.